The van der Waals surface area contributed by atoms with Crippen molar-refractivity contribution in [2.45, 2.75) is 37.9 Å². The minimum Gasteiger partial charge on any atom is -0.350 e. The van der Waals surface area contributed by atoms with Crippen LogP contribution in [0, 0.1) is 5.92 Å². The Labute approximate surface area is 177 Å². The maximum atomic E-state index is 12.9. The number of imidazole rings is 1. The molecule has 0 fully saturated rings. The van der Waals surface area contributed by atoms with Crippen molar-refractivity contribution in [3.8, 4) is 0 Å². The van der Waals surface area contributed by atoms with Gasteiger partial charge in [0.2, 0.25) is 11.8 Å². The number of nitrogens with zero attached hydrogens (tertiary/aromatic N) is 2. The molecule has 0 aliphatic carbocycles. The zero-order chi connectivity index (χ0) is 21.7. The second kappa shape index (κ2) is 9.71. The van der Waals surface area contributed by atoms with Crippen molar-refractivity contribution in [1.82, 2.24) is 14.9 Å². The second-order valence-corrected chi connectivity index (χ2v) is 7.92. The van der Waals surface area contributed by atoms with E-state index in [1.165, 1.54) is 4.57 Å². The molecule has 0 unspecified atom stereocenters. The summed E-state index contributed by atoms with van der Waals surface area (Å²) in [5, 5.41) is 5.69. The summed E-state index contributed by atoms with van der Waals surface area (Å²) in [7, 11) is 0. The van der Waals surface area contributed by atoms with Gasteiger partial charge >= 0.3 is 0 Å². The molecule has 2 aromatic carbocycles. The van der Waals surface area contributed by atoms with E-state index < -0.39 is 5.76 Å². The maximum Gasteiger partial charge on any atom is 0.291 e. The van der Waals surface area contributed by atoms with Crippen molar-refractivity contribution < 1.29 is 18.4 Å². The van der Waals surface area contributed by atoms with Crippen LogP contribution in [0.25, 0.3) is 11.0 Å². The van der Waals surface area contributed by atoms with E-state index in [0.717, 1.165) is 5.56 Å². The van der Waals surface area contributed by atoms with Crippen LogP contribution in [0.2, 0.25) is 0 Å². The molecule has 6 nitrogen and oxygen atoms in total. The summed E-state index contributed by atoms with van der Waals surface area (Å²) in [5.74, 6) is -3.12. The topological polar surface area (TPSA) is 76.0 Å². The van der Waals surface area contributed by atoms with Crippen LogP contribution in [-0.4, -0.2) is 27.1 Å². The number of carbonyl (C=O) groups excluding carboxylic acids is 2. The smallest absolute Gasteiger partial charge is 0.291 e. The number of aromatic nitrogens is 2. The van der Waals surface area contributed by atoms with Gasteiger partial charge in [0.15, 0.2) is 5.16 Å². The molecule has 1 heterocycles. The molecule has 0 aliphatic rings. The molecule has 0 radical (unpaired) electrons. The first-order valence-corrected chi connectivity index (χ1v) is 10.3. The van der Waals surface area contributed by atoms with Gasteiger partial charge in [-0.15, -0.1) is 0 Å². The molecule has 2 N–H and O–H groups in total. The summed E-state index contributed by atoms with van der Waals surface area (Å²) in [5.41, 5.74) is 2.72. The molecule has 0 spiro atoms. The third-order valence-electron chi connectivity index (χ3n) is 4.35. The number of nitrogens with one attached hydrogen (secondary N) is 2. The Kier molecular flexibility index (Phi) is 7.04. The van der Waals surface area contributed by atoms with E-state index in [1.807, 2.05) is 13.8 Å². The second-order valence-electron chi connectivity index (χ2n) is 6.97. The summed E-state index contributed by atoms with van der Waals surface area (Å²) in [6, 6.07) is 14.2. The number of amides is 2. The molecule has 0 aliphatic heterocycles. The number of thioether (sulfide) groups is 1. The molecule has 0 atom stereocenters. The van der Waals surface area contributed by atoms with Gasteiger partial charge < -0.3 is 15.2 Å². The van der Waals surface area contributed by atoms with Crippen LogP contribution < -0.4 is 10.6 Å². The maximum absolute atomic E-state index is 12.9. The Balaban J connectivity index is 1.63. The van der Waals surface area contributed by atoms with Crippen LogP contribution >= 0.6 is 11.8 Å². The van der Waals surface area contributed by atoms with Crippen molar-refractivity contribution in [3.05, 3.63) is 54.1 Å². The van der Waals surface area contributed by atoms with Crippen molar-refractivity contribution in [2.75, 3.05) is 5.32 Å². The lowest BCUT2D eigenvalue weighted by molar-refractivity contribution is -0.122. The van der Waals surface area contributed by atoms with Gasteiger partial charge in [0, 0.05) is 18.2 Å². The predicted molar refractivity (Wildman–Crippen MR) is 113 cm³/mol. The molecule has 158 valence electrons. The first-order chi connectivity index (χ1) is 14.3. The van der Waals surface area contributed by atoms with Gasteiger partial charge in [-0.05, 0) is 41.6 Å². The fourth-order valence-electron chi connectivity index (χ4n) is 2.77. The summed E-state index contributed by atoms with van der Waals surface area (Å²) in [6.45, 7) is 3.79. The van der Waals surface area contributed by atoms with Gasteiger partial charge in [-0.1, -0.05) is 38.1 Å². The third kappa shape index (κ3) is 5.56. The average Bonchev–Trinajstić information content (AvgIpc) is 3.03. The molecule has 0 bridgehead atoms. The van der Waals surface area contributed by atoms with Gasteiger partial charge in [0.1, 0.15) is 6.54 Å². The van der Waals surface area contributed by atoms with Crippen LogP contribution in [0.15, 0.2) is 53.7 Å². The van der Waals surface area contributed by atoms with E-state index >= 15 is 0 Å². The highest BCUT2D eigenvalue weighted by molar-refractivity contribution is 7.99. The van der Waals surface area contributed by atoms with Crippen LogP contribution in [-0.2, 0) is 22.7 Å². The molecule has 1 aromatic heterocycles. The molecule has 3 rings (SSSR count). The van der Waals surface area contributed by atoms with Crippen LogP contribution in [0.4, 0.5) is 14.5 Å². The van der Waals surface area contributed by atoms with E-state index in [-0.39, 0.29) is 36.0 Å². The third-order valence-corrected chi connectivity index (χ3v) is 5.05. The molecular weight excluding hydrogens is 410 g/mol. The Morgan fingerprint density at radius 2 is 1.80 bits per heavy atom. The van der Waals surface area contributed by atoms with Crippen molar-refractivity contribution in [1.29, 1.82) is 0 Å². The lowest BCUT2D eigenvalue weighted by atomic mass is 10.1. The standard InChI is InChI=1S/C21H22F2N4O2S/c1-13(2)19(29)25-15-9-7-14(8-10-15)11-24-18(28)12-27-17-6-4-3-5-16(17)26-21(27)30-20(22)23/h3-10,13,20H,11-12H2,1-2H3,(H,24,28)(H,25,29). The summed E-state index contributed by atoms with van der Waals surface area (Å²) in [6.07, 6.45) is 0. The minimum absolute atomic E-state index is 0.0684. The number of anilines is 1. The van der Waals surface area contributed by atoms with Crippen LogP contribution in [0.5, 0.6) is 0 Å². The minimum atomic E-state index is -2.63. The van der Waals surface area contributed by atoms with Gasteiger partial charge in [0.05, 0.1) is 11.0 Å². The largest absolute Gasteiger partial charge is 0.350 e. The number of carbonyl (C=O) groups is 2. The quantitative estimate of drug-likeness (QED) is 0.522. The zero-order valence-corrected chi connectivity index (χ0v) is 17.4. The van der Waals surface area contributed by atoms with Crippen LogP contribution in [0.3, 0.4) is 0 Å². The highest BCUT2D eigenvalue weighted by Crippen LogP contribution is 2.28. The number of fused-ring (bicyclic) bond motifs is 1. The summed E-state index contributed by atoms with van der Waals surface area (Å²) < 4.78 is 27.2. The monoisotopic (exact) mass is 432 g/mol. The van der Waals surface area contributed by atoms with E-state index in [1.54, 1.807) is 48.5 Å². The number of hydrogen-bond donors (Lipinski definition) is 2. The molecule has 0 saturated carbocycles. The number of rotatable bonds is 8. The highest BCUT2D eigenvalue weighted by atomic mass is 32.2. The Hall–Kier alpha value is -2.94. The number of hydrogen-bond acceptors (Lipinski definition) is 4. The van der Waals surface area contributed by atoms with E-state index in [0.29, 0.717) is 28.5 Å². The van der Waals surface area contributed by atoms with Gasteiger partial charge in [-0.2, -0.15) is 8.78 Å². The SMILES string of the molecule is CC(C)C(=O)Nc1ccc(CNC(=O)Cn2c(SC(F)F)nc3ccccc32)cc1. The summed E-state index contributed by atoms with van der Waals surface area (Å²) in [4.78, 5) is 28.4. The number of halogens is 2. The van der Waals surface area contributed by atoms with Gasteiger partial charge in [-0.3, -0.25) is 9.59 Å². The Morgan fingerprint density at radius 1 is 1.10 bits per heavy atom. The molecule has 0 saturated heterocycles. The number of para-hydroxylation sites is 2. The fourth-order valence-corrected chi connectivity index (χ4v) is 3.37. The van der Waals surface area contributed by atoms with E-state index in [4.69, 9.17) is 0 Å². The number of benzene rings is 2. The van der Waals surface area contributed by atoms with E-state index in [2.05, 4.69) is 15.6 Å². The molecular formula is C21H22F2N4O2S. The lowest BCUT2D eigenvalue weighted by Gasteiger charge is -2.11. The zero-order valence-electron chi connectivity index (χ0n) is 16.6. The molecule has 3 aromatic rings. The van der Waals surface area contributed by atoms with Crippen molar-refractivity contribution in [3.63, 3.8) is 0 Å². The lowest BCUT2D eigenvalue weighted by Crippen LogP contribution is -2.27. The first-order valence-electron chi connectivity index (χ1n) is 9.40. The van der Waals surface area contributed by atoms with Crippen LogP contribution in [0.1, 0.15) is 19.4 Å². The highest BCUT2D eigenvalue weighted by Gasteiger charge is 2.17. The van der Waals surface area contributed by atoms with Crippen molar-refractivity contribution in [2.24, 2.45) is 5.92 Å². The van der Waals surface area contributed by atoms with Crippen molar-refractivity contribution >= 4 is 40.3 Å². The molecule has 30 heavy (non-hydrogen) atoms. The number of alkyl halides is 2. The summed E-state index contributed by atoms with van der Waals surface area (Å²) >= 11 is 0.320. The fraction of sp³-hybridized carbons (Fsp3) is 0.286. The molecule has 9 heteroatoms. The van der Waals surface area contributed by atoms with E-state index in [9.17, 15) is 18.4 Å². The Morgan fingerprint density at radius 3 is 2.47 bits per heavy atom. The predicted octanol–water partition coefficient (Wildman–Crippen LogP) is 4.26. The Bertz CT molecular complexity index is 1040. The van der Waals surface area contributed by atoms with Gasteiger partial charge in [0.25, 0.3) is 5.76 Å². The normalized spacial score (nSPS) is 11.3. The first kappa shape index (κ1) is 21.8. The van der Waals surface area contributed by atoms with Gasteiger partial charge in [-0.25, -0.2) is 4.98 Å². The average molecular weight is 432 g/mol. The molecule has 2 amide bonds.